The molecule has 1 amide bonds. The molecule has 1 aromatic heterocycles. The van der Waals surface area contributed by atoms with Crippen LogP contribution in [0.1, 0.15) is 42.1 Å². The molecule has 2 N–H and O–H groups in total. The summed E-state index contributed by atoms with van der Waals surface area (Å²) in [6.45, 7) is 3.83. The monoisotopic (exact) mass is 255 g/mol. The molecule has 1 atom stereocenters. The fourth-order valence-electron chi connectivity index (χ4n) is 1.49. The molecule has 17 heavy (non-hydrogen) atoms. The summed E-state index contributed by atoms with van der Waals surface area (Å²) in [5.41, 5.74) is 1.45. The molecule has 0 spiro atoms. The Labute approximate surface area is 105 Å². The van der Waals surface area contributed by atoms with Crippen molar-refractivity contribution in [3.8, 4) is 0 Å². The van der Waals surface area contributed by atoms with Gasteiger partial charge in [0.05, 0.1) is 5.56 Å². The van der Waals surface area contributed by atoms with Crippen molar-refractivity contribution in [3.63, 3.8) is 0 Å². The van der Waals surface area contributed by atoms with E-state index in [0.29, 0.717) is 12.0 Å². The lowest BCUT2D eigenvalue weighted by atomic mass is 10.1. The van der Waals surface area contributed by atoms with E-state index in [9.17, 15) is 9.59 Å². The molecule has 0 aliphatic carbocycles. The van der Waals surface area contributed by atoms with Gasteiger partial charge in [-0.2, -0.15) is 11.3 Å². The Hall–Kier alpha value is -1.36. The molecule has 1 rings (SSSR count). The van der Waals surface area contributed by atoms with Crippen LogP contribution in [0.15, 0.2) is 10.8 Å². The lowest BCUT2D eigenvalue weighted by Gasteiger charge is -2.13. The fraction of sp³-hybridized carbons (Fsp3) is 0.500. The van der Waals surface area contributed by atoms with Gasteiger partial charge in [0.1, 0.15) is 6.04 Å². The quantitative estimate of drug-likeness (QED) is 0.820. The molecule has 0 saturated carbocycles. The molecular weight excluding hydrogens is 238 g/mol. The number of carbonyl (C=O) groups excluding carboxylic acids is 1. The highest BCUT2D eigenvalue weighted by molar-refractivity contribution is 7.08. The number of nitrogens with one attached hydrogen (secondary N) is 1. The number of carboxylic acids is 1. The number of aliphatic carboxylic acids is 1. The van der Waals surface area contributed by atoms with Crippen LogP contribution >= 0.6 is 11.3 Å². The van der Waals surface area contributed by atoms with Crippen LogP contribution in [0, 0.1) is 6.92 Å². The van der Waals surface area contributed by atoms with E-state index in [0.717, 1.165) is 18.4 Å². The first-order valence-electron chi connectivity index (χ1n) is 5.62. The third-order valence-electron chi connectivity index (χ3n) is 2.55. The topological polar surface area (TPSA) is 66.4 Å². The maximum atomic E-state index is 11.8. The molecule has 0 aromatic carbocycles. The number of carboxylic acid groups (broad SMARTS) is 1. The molecule has 0 aliphatic heterocycles. The van der Waals surface area contributed by atoms with E-state index >= 15 is 0 Å². The van der Waals surface area contributed by atoms with Gasteiger partial charge in [-0.25, -0.2) is 4.79 Å². The highest BCUT2D eigenvalue weighted by atomic mass is 32.1. The van der Waals surface area contributed by atoms with Crippen molar-refractivity contribution in [3.05, 3.63) is 21.9 Å². The maximum Gasteiger partial charge on any atom is 0.326 e. The Balaban J connectivity index is 2.64. The van der Waals surface area contributed by atoms with Crippen molar-refractivity contribution < 1.29 is 14.7 Å². The van der Waals surface area contributed by atoms with E-state index < -0.39 is 12.0 Å². The number of amides is 1. The first-order valence-corrected chi connectivity index (χ1v) is 6.57. The average Bonchev–Trinajstić information content (AvgIpc) is 2.70. The van der Waals surface area contributed by atoms with E-state index in [1.165, 1.54) is 11.3 Å². The lowest BCUT2D eigenvalue weighted by Crippen LogP contribution is -2.40. The van der Waals surface area contributed by atoms with Crippen LogP contribution in [0.2, 0.25) is 0 Å². The molecule has 5 heteroatoms. The van der Waals surface area contributed by atoms with Gasteiger partial charge in [0, 0.05) is 5.38 Å². The van der Waals surface area contributed by atoms with Crippen LogP contribution < -0.4 is 5.32 Å². The van der Waals surface area contributed by atoms with Gasteiger partial charge in [-0.15, -0.1) is 0 Å². The third-order valence-corrected chi connectivity index (χ3v) is 3.41. The van der Waals surface area contributed by atoms with E-state index in [-0.39, 0.29) is 5.91 Å². The predicted molar refractivity (Wildman–Crippen MR) is 67.5 cm³/mol. The van der Waals surface area contributed by atoms with Gasteiger partial charge < -0.3 is 10.4 Å². The Morgan fingerprint density at radius 1 is 1.47 bits per heavy atom. The van der Waals surface area contributed by atoms with Crippen LogP contribution in [0.4, 0.5) is 0 Å². The number of carbonyl (C=O) groups is 2. The van der Waals surface area contributed by atoms with Gasteiger partial charge in [0.2, 0.25) is 0 Å². The molecular formula is C12H17NO3S. The van der Waals surface area contributed by atoms with Gasteiger partial charge in [0.15, 0.2) is 0 Å². The summed E-state index contributed by atoms with van der Waals surface area (Å²) < 4.78 is 0. The van der Waals surface area contributed by atoms with Crippen molar-refractivity contribution >= 4 is 23.2 Å². The molecule has 1 unspecified atom stereocenters. The second-order valence-electron chi connectivity index (χ2n) is 3.97. The molecule has 0 bridgehead atoms. The van der Waals surface area contributed by atoms with E-state index in [1.807, 2.05) is 19.2 Å². The highest BCUT2D eigenvalue weighted by Crippen LogP contribution is 2.14. The first kappa shape index (κ1) is 13.7. The Bertz CT molecular complexity index is 400. The summed E-state index contributed by atoms with van der Waals surface area (Å²) in [6.07, 6.45) is 2.18. The van der Waals surface area contributed by atoms with Gasteiger partial charge >= 0.3 is 5.97 Å². The van der Waals surface area contributed by atoms with Crippen LogP contribution in [0.25, 0.3) is 0 Å². The predicted octanol–water partition coefficient (Wildman–Crippen LogP) is 2.43. The number of rotatable bonds is 6. The molecule has 0 saturated heterocycles. The molecule has 1 heterocycles. The smallest absolute Gasteiger partial charge is 0.326 e. The fourth-order valence-corrected chi connectivity index (χ4v) is 2.32. The highest BCUT2D eigenvalue weighted by Gasteiger charge is 2.20. The number of aryl methyl sites for hydroxylation is 1. The van der Waals surface area contributed by atoms with Gasteiger partial charge in [0.25, 0.3) is 5.91 Å². The van der Waals surface area contributed by atoms with Crippen LogP contribution in [-0.4, -0.2) is 23.0 Å². The van der Waals surface area contributed by atoms with Gasteiger partial charge in [-0.05, 0) is 24.3 Å². The second-order valence-corrected chi connectivity index (χ2v) is 4.72. The summed E-state index contributed by atoms with van der Waals surface area (Å²) in [6, 6.07) is -0.790. The van der Waals surface area contributed by atoms with Crippen LogP contribution in [0.5, 0.6) is 0 Å². The van der Waals surface area contributed by atoms with E-state index in [2.05, 4.69) is 5.32 Å². The standard InChI is InChI=1S/C12H17NO3S/c1-3-4-5-10(12(15)16)13-11(14)9-7-17-6-8(9)2/h6-7,10H,3-5H2,1-2H3,(H,13,14)(H,15,16). The SMILES string of the molecule is CCCCC(NC(=O)c1cscc1C)C(=O)O. The second kappa shape index (κ2) is 6.39. The van der Waals surface area contributed by atoms with Crippen molar-refractivity contribution in [2.75, 3.05) is 0 Å². The minimum atomic E-state index is -0.973. The molecule has 0 radical (unpaired) electrons. The molecule has 94 valence electrons. The molecule has 0 fully saturated rings. The molecule has 0 aliphatic rings. The van der Waals surface area contributed by atoms with Crippen LogP contribution in [-0.2, 0) is 4.79 Å². The summed E-state index contributed by atoms with van der Waals surface area (Å²) in [4.78, 5) is 22.8. The number of hydrogen-bond acceptors (Lipinski definition) is 3. The van der Waals surface area contributed by atoms with E-state index in [1.54, 1.807) is 5.38 Å². The Morgan fingerprint density at radius 3 is 2.65 bits per heavy atom. The van der Waals surface area contributed by atoms with E-state index in [4.69, 9.17) is 5.11 Å². The largest absolute Gasteiger partial charge is 0.480 e. The van der Waals surface area contributed by atoms with Crippen molar-refractivity contribution in [2.24, 2.45) is 0 Å². The summed E-state index contributed by atoms with van der Waals surface area (Å²) >= 11 is 1.44. The number of thiophene rings is 1. The van der Waals surface area contributed by atoms with Gasteiger partial charge in [-0.1, -0.05) is 19.8 Å². The lowest BCUT2D eigenvalue weighted by molar-refractivity contribution is -0.139. The van der Waals surface area contributed by atoms with Crippen molar-refractivity contribution in [1.29, 1.82) is 0 Å². The maximum absolute atomic E-state index is 11.8. The molecule has 4 nitrogen and oxygen atoms in total. The Morgan fingerprint density at radius 2 is 2.18 bits per heavy atom. The Kier molecular flexibility index (Phi) is 5.15. The van der Waals surface area contributed by atoms with Crippen molar-refractivity contribution in [1.82, 2.24) is 5.32 Å². The van der Waals surface area contributed by atoms with Gasteiger partial charge in [-0.3, -0.25) is 4.79 Å². The minimum absolute atomic E-state index is 0.299. The first-order chi connectivity index (χ1) is 8.06. The minimum Gasteiger partial charge on any atom is -0.480 e. The zero-order valence-corrected chi connectivity index (χ0v) is 10.8. The zero-order chi connectivity index (χ0) is 12.8. The zero-order valence-electron chi connectivity index (χ0n) is 10.0. The average molecular weight is 255 g/mol. The number of unbranched alkanes of at least 4 members (excludes halogenated alkanes) is 1. The number of hydrogen-bond donors (Lipinski definition) is 2. The third kappa shape index (κ3) is 3.85. The molecule has 1 aromatic rings. The normalized spacial score (nSPS) is 12.1. The summed E-state index contributed by atoms with van der Waals surface area (Å²) in [5.74, 6) is -1.27. The van der Waals surface area contributed by atoms with Crippen molar-refractivity contribution in [2.45, 2.75) is 39.2 Å². The summed E-state index contributed by atoms with van der Waals surface area (Å²) in [5, 5.41) is 15.2. The summed E-state index contributed by atoms with van der Waals surface area (Å²) in [7, 11) is 0. The van der Waals surface area contributed by atoms with Crippen LogP contribution in [0.3, 0.4) is 0 Å².